The molecule has 0 atom stereocenters. The van der Waals surface area contributed by atoms with Gasteiger partial charge in [-0.05, 0) is 42.5 Å². The summed E-state index contributed by atoms with van der Waals surface area (Å²) < 4.78 is 41.6. The monoisotopic (exact) mass is 320 g/mol. The lowest BCUT2D eigenvalue weighted by atomic mass is 10.3. The Kier molecular flexibility index (Phi) is 3.99. The standard InChI is InChI=1S/C12H7Cl2FO3S/c13-8-1-4-10(5-2-8)19(16,17)18-12-6-3-9(15)7-11(12)14/h1-7H. The average molecular weight is 321 g/mol. The van der Waals surface area contributed by atoms with Crippen LogP contribution < -0.4 is 4.18 Å². The summed E-state index contributed by atoms with van der Waals surface area (Å²) in [4.78, 5) is -0.0720. The van der Waals surface area contributed by atoms with Gasteiger partial charge in [0.2, 0.25) is 0 Å². The van der Waals surface area contributed by atoms with E-state index in [0.717, 1.165) is 18.2 Å². The van der Waals surface area contributed by atoms with Crippen molar-refractivity contribution in [1.82, 2.24) is 0 Å². The van der Waals surface area contributed by atoms with Crippen LogP contribution in [0.25, 0.3) is 0 Å². The molecular formula is C12H7Cl2FO3S. The molecular weight excluding hydrogens is 314 g/mol. The molecule has 19 heavy (non-hydrogen) atoms. The van der Waals surface area contributed by atoms with Crippen LogP contribution in [0, 0.1) is 5.82 Å². The fourth-order valence-corrected chi connectivity index (χ4v) is 2.64. The third-order valence-electron chi connectivity index (χ3n) is 2.20. The van der Waals surface area contributed by atoms with Gasteiger partial charge in [-0.1, -0.05) is 23.2 Å². The summed E-state index contributed by atoms with van der Waals surface area (Å²) in [7, 11) is -4.03. The van der Waals surface area contributed by atoms with Crippen LogP contribution in [-0.2, 0) is 10.1 Å². The summed E-state index contributed by atoms with van der Waals surface area (Å²) >= 11 is 11.4. The summed E-state index contributed by atoms with van der Waals surface area (Å²) in [5.41, 5.74) is 0. The lowest BCUT2D eigenvalue weighted by molar-refractivity contribution is 0.485. The van der Waals surface area contributed by atoms with Gasteiger partial charge in [0.15, 0.2) is 5.75 Å². The van der Waals surface area contributed by atoms with Crippen LogP contribution >= 0.6 is 23.2 Å². The molecule has 0 aromatic heterocycles. The molecule has 0 aliphatic carbocycles. The molecule has 0 saturated heterocycles. The smallest absolute Gasteiger partial charge is 0.339 e. The normalized spacial score (nSPS) is 11.3. The van der Waals surface area contributed by atoms with E-state index in [0.29, 0.717) is 5.02 Å². The van der Waals surface area contributed by atoms with E-state index < -0.39 is 15.9 Å². The van der Waals surface area contributed by atoms with E-state index in [1.54, 1.807) is 0 Å². The SMILES string of the molecule is O=S(=O)(Oc1ccc(F)cc1Cl)c1ccc(Cl)cc1. The minimum absolute atomic E-state index is 0.0720. The van der Waals surface area contributed by atoms with E-state index in [4.69, 9.17) is 27.4 Å². The molecule has 0 N–H and O–H groups in total. The zero-order valence-corrected chi connectivity index (χ0v) is 11.6. The first-order valence-corrected chi connectivity index (χ1v) is 7.20. The molecule has 3 nitrogen and oxygen atoms in total. The highest BCUT2D eigenvalue weighted by atomic mass is 35.5. The molecule has 100 valence electrons. The molecule has 0 amide bonds. The van der Waals surface area contributed by atoms with Crippen molar-refractivity contribution >= 4 is 33.3 Å². The minimum Gasteiger partial charge on any atom is -0.377 e. The fourth-order valence-electron chi connectivity index (χ4n) is 1.31. The van der Waals surface area contributed by atoms with Crippen molar-refractivity contribution < 1.29 is 17.0 Å². The number of hydrogen-bond acceptors (Lipinski definition) is 3. The highest BCUT2D eigenvalue weighted by Crippen LogP contribution is 2.28. The largest absolute Gasteiger partial charge is 0.377 e. The van der Waals surface area contributed by atoms with Gasteiger partial charge >= 0.3 is 10.1 Å². The third kappa shape index (κ3) is 3.37. The van der Waals surface area contributed by atoms with Crippen LogP contribution in [0.1, 0.15) is 0 Å². The van der Waals surface area contributed by atoms with Crippen molar-refractivity contribution in [2.45, 2.75) is 4.90 Å². The van der Waals surface area contributed by atoms with Crippen LogP contribution in [-0.4, -0.2) is 8.42 Å². The number of hydrogen-bond donors (Lipinski definition) is 0. The van der Waals surface area contributed by atoms with Crippen molar-refractivity contribution in [2.24, 2.45) is 0 Å². The van der Waals surface area contributed by atoms with Crippen molar-refractivity contribution in [3.8, 4) is 5.75 Å². The lowest BCUT2D eigenvalue weighted by Gasteiger charge is -2.08. The van der Waals surface area contributed by atoms with Gasteiger partial charge in [0.05, 0.1) is 5.02 Å². The van der Waals surface area contributed by atoms with Gasteiger partial charge in [-0.3, -0.25) is 0 Å². The van der Waals surface area contributed by atoms with Gasteiger partial charge in [0.1, 0.15) is 10.7 Å². The highest BCUT2D eigenvalue weighted by molar-refractivity contribution is 7.87. The van der Waals surface area contributed by atoms with Gasteiger partial charge < -0.3 is 4.18 Å². The number of halogens is 3. The number of benzene rings is 2. The summed E-state index contributed by atoms with van der Waals surface area (Å²) in [6.45, 7) is 0. The zero-order valence-electron chi connectivity index (χ0n) is 9.31. The highest BCUT2D eigenvalue weighted by Gasteiger charge is 2.18. The fraction of sp³-hybridized carbons (Fsp3) is 0. The predicted molar refractivity (Wildman–Crippen MR) is 70.7 cm³/mol. The Hall–Kier alpha value is -1.30. The van der Waals surface area contributed by atoms with E-state index in [2.05, 4.69) is 0 Å². The van der Waals surface area contributed by atoms with Gasteiger partial charge in [-0.15, -0.1) is 0 Å². The first-order valence-electron chi connectivity index (χ1n) is 5.03. The lowest BCUT2D eigenvalue weighted by Crippen LogP contribution is -2.09. The Morgan fingerprint density at radius 1 is 1.00 bits per heavy atom. The molecule has 2 aromatic carbocycles. The van der Waals surface area contributed by atoms with E-state index in [1.807, 2.05) is 0 Å². The van der Waals surface area contributed by atoms with Crippen molar-refractivity contribution in [2.75, 3.05) is 0 Å². The zero-order chi connectivity index (χ0) is 14.0. The number of rotatable bonds is 3. The summed E-state index contributed by atoms with van der Waals surface area (Å²) in [5, 5.41) is 0.274. The second kappa shape index (κ2) is 5.36. The maximum atomic E-state index is 12.8. The van der Waals surface area contributed by atoms with E-state index in [1.165, 1.54) is 24.3 Å². The molecule has 0 spiro atoms. The second-order valence-corrected chi connectivity index (χ2v) is 5.96. The van der Waals surface area contributed by atoms with Crippen LogP contribution in [0.5, 0.6) is 5.75 Å². The van der Waals surface area contributed by atoms with Gasteiger partial charge in [-0.2, -0.15) is 8.42 Å². The Morgan fingerprint density at radius 3 is 2.21 bits per heavy atom. The minimum atomic E-state index is -4.03. The van der Waals surface area contributed by atoms with Crippen LogP contribution in [0.3, 0.4) is 0 Å². The summed E-state index contributed by atoms with van der Waals surface area (Å²) in [6, 6.07) is 8.61. The van der Waals surface area contributed by atoms with Crippen LogP contribution in [0.15, 0.2) is 47.4 Å². The van der Waals surface area contributed by atoms with Crippen molar-refractivity contribution in [3.63, 3.8) is 0 Å². The topological polar surface area (TPSA) is 43.4 Å². The molecule has 0 saturated carbocycles. The molecule has 0 radical (unpaired) electrons. The predicted octanol–water partition coefficient (Wildman–Crippen LogP) is 3.90. The summed E-state index contributed by atoms with van der Waals surface area (Å²) in [5.74, 6) is -0.723. The van der Waals surface area contributed by atoms with Gasteiger partial charge in [0, 0.05) is 5.02 Å². The van der Waals surface area contributed by atoms with Crippen molar-refractivity contribution in [3.05, 3.63) is 58.3 Å². The van der Waals surface area contributed by atoms with Crippen LogP contribution in [0.4, 0.5) is 4.39 Å². The van der Waals surface area contributed by atoms with Crippen LogP contribution in [0.2, 0.25) is 10.0 Å². The second-order valence-electron chi connectivity index (χ2n) is 3.57. The average Bonchev–Trinajstić information content (AvgIpc) is 2.33. The molecule has 0 bridgehead atoms. The molecule has 0 aliphatic rings. The molecule has 0 heterocycles. The first-order chi connectivity index (χ1) is 8.88. The van der Waals surface area contributed by atoms with E-state index in [-0.39, 0.29) is 15.7 Å². The quantitative estimate of drug-likeness (QED) is 0.805. The molecule has 0 aliphatic heterocycles. The third-order valence-corrected chi connectivity index (χ3v) is 3.99. The molecule has 7 heteroatoms. The van der Waals surface area contributed by atoms with Crippen molar-refractivity contribution in [1.29, 1.82) is 0 Å². The van der Waals surface area contributed by atoms with E-state index >= 15 is 0 Å². The first kappa shape index (κ1) is 14.1. The Labute approximate surface area is 119 Å². The molecule has 0 fully saturated rings. The maximum absolute atomic E-state index is 12.8. The molecule has 2 aromatic rings. The Balaban J connectivity index is 2.33. The Morgan fingerprint density at radius 2 is 1.63 bits per heavy atom. The maximum Gasteiger partial charge on any atom is 0.339 e. The van der Waals surface area contributed by atoms with Gasteiger partial charge in [0.25, 0.3) is 0 Å². The molecule has 2 rings (SSSR count). The van der Waals surface area contributed by atoms with Gasteiger partial charge in [-0.25, -0.2) is 4.39 Å². The Bertz CT molecular complexity index is 699. The molecule has 0 unspecified atom stereocenters. The van der Waals surface area contributed by atoms with E-state index in [9.17, 15) is 12.8 Å². The summed E-state index contributed by atoms with van der Waals surface area (Å²) in [6.07, 6.45) is 0.